The third-order valence-corrected chi connectivity index (χ3v) is 6.40. The molecule has 1 N–H and O–H groups in total. The Hall–Kier alpha value is -2.34. The molecule has 6 heteroatoms. The van der Waals surface area contributed by atoms with E-state index in [-0.39, 0.29) is 11.7 Å². The highest BCUT2D eigenvalue weighted by Gasteiger charge is 2.26. The summed E-state index contributed by atoms with van der Waals surface area (Å²) >= 11 is 0. The molecular formula is C20H24N2O3S. The maximum Gasteiger partial charge on any atom is 0.234 e. The van der Waals surface area contributed by atoms with Gasteiger partial charge in [-0.1, -0.05) is 30.3 Å². The first-order chi connectivity index (χ1) is 12.5. The zero-order chi connectivity index (χ0) is 18.6. The number of anilines is 2. The Morgan fingerprint density at radius 2 is 1.92 bits per heavy atom. The van der Waals surface area contributed by atoms with Crippen molar-refractivity contribution in [3.05, 3.63) is 59.7 Å². The Morgan fingerprint density at radius 1 is 1.15 bits per heavy atom. The number of nitrogens with one attached hydrogen (secondary N) is 1. The molecule has 1 heterocycles. The maximum atomic E-state index is 12.3. The molecule has 1 aliphatic rings. The first kappa shape index (κ1) is 18.5. The fourth-order valence-electron chi connectivity index (χ4n) is 3.21. The predicted octanol–water partition coefficient (Wildman–Crippen LogP) is 3.36. The molecule has 5 nitrogen and oxygen atoms in total. The molecule has 2 aromatic carbocycles. The lowest BCUT2D eigenvalue weighted by Crippen LogP contribution is -2.36. The van der Waals surface area contributed by atoms with Crippen LogP contribution in [0, 0.1) is 0 Å². The molecule has 3 rings (SSSR count). The van der Waals surface area contributed by atoms with Crippen LogP contribution >= 0.6 is 0 Å². The van der Waals surface area contributed by atoms with Crippen LogP contribution in [0.3, 0.4) is 0 Å². The minimum Gasteiger partial charge on any atom is -0.326 e. The third kappa shape index (κ3) is 4.25. The average molecular weight is 372 g/mol. The molecule has 0 radical (unpaired) electrons. The summed E-state index contributed by atoms with van der Waals surface area (Å²) in [6.07, 6.45) is 2.72. The van der Waals surface area contributed by atoms with E-state index in [9.17, 15) is 13.2 Å². The number of fused-ring (bicyclic) bond motifs is 1. The van der Waals surface area contributed by atoms with Gasteiger partial charge in [0.1, 0.15) is 0 Å². The number of benzene rings is 2. The highest BCUT2D eigenvalue weighted by atomic mass is 32.2. The fraction of sp³-hybridized carbons (Fsp3) is 0.350. The number of carbonyl (C=O) groups excluding carboxylic acids is 1. The van der Waals surface area contributed by atoms with E-state index < -0.39 is 10.0 Å². The van der Waals surface area contributed by atoms with Crippen LogP contribution in [0.1, 0.15) is 30.9 Å². The van der Waals surface area contributed by atoms with Crippen molar-refractivity contribution in [2.75, 3.05) is 21.9 Å². The van der Waals surface area contributed by atoms with Crippen LogP contribution in [0.15, 0.2) is 48.5 Å². The van der Waals surface area contributed by atoms with Crippen LogP contribution in [-0.4, -0.2) is 26.6 Å². The van der Waals surface area contributed by atoms with Crippen LogP contribution in [0.25, 0.3) is 0 Å². The summed E-state index contributed by atoms with van der Waals surface area (Å²) in [5.74, 6) is 0.0485. The molecule has 0 atom stereocenters. The van der Waals surface area contributed by atoms with Crippen LogP contribution in [-0.2, 0) is 27.7 Å². The second-order valence-corrected chi connectivity index (χ2v) is 8.64. The SMILES string of the molecule is CCS(=O)(=O)N1CCCc2cc(NC(=O)CCc3ccccc3)ccc21. The van der Waals surface area contributed by atoms with E-state index in [2.05, 4.69) is 5.32 Å². The molecule has 0 fully saturated rings. The zero-order valence-electron chi connectivity index (χ0n) is 14.9. The predicted molar refractivity (Wildman–Crippen MR) is 105 cm³/mol. The molecule has 0 spiro atoms. The lowest BCUT2D eigenvalue weighted by molar-refractivity contribution is -0.116. The number of amides is 1. The van der Waals surface area contributed by atoms with Gasteiger partial charge in [0.15, 0.2) is 0 Å². The Labute approximate surface area is 155 Å². The Morgan fingerprint density at radius 3 is 2.65 bits per heavy atom. The Balaban J connectivity index is 1.68. The van der Waals surface area contributed by atoms with Crippen LogP contribution < -0.4 is 9.62 Å². The first-order valence-electron chi connectivity index (χ1n) is 8.97. The van der Waals surface area contributed by atoms with Crippen molar-refractivity contribution in [2.24, 2.45) is 0 Å². The highest BCUT2D eigenvalue weighted by molar-refractivity contribution is 7.92. The summed E-state index contributed by atoms with van der Waals surface area (Å²) < 4.78 is 26.0. The molecule has 0 aliphatic carbocycles. The Kier molecular flexibility index (Phi) is 5.61. The zero-order valence-corrected chi connectivity index (χ0v) is 15.8. The van der Waals surface area contributed by atoms with Gasteiger partial charge in [-0.05, 0) is 55.5 Å². The number of rotatable bonds is 6. The quantitative estimate of drug-likeness (QED) is 0.845. The smallest absolute Gasteiger partial charge is 0.234 e. The van der Waals surface area contributed by atoms with Crippen LogP contribution in [0.2, 0.25) is 0 Å². The highest BCUT2D eigenvalue weighted by Crippen LogP contribution is 2.31. The van der Waals surface area contributed by atoms with E-state index in [1.165, 1.54) is 4.31 Å². The van der Waals surface area contributed by atoms with E-state index in [1.807, 2.05) is 36.4 Å². The van der Waals surface area contributed by atoms with E-state index in [4.69, 9.17) is 0 Å². The van der Waals surface area contributed by atoms with Crippen molar-refractivity contribution < 1.29 is 13.2 Å². The number of sulfonamides is 1. The summed E-state index contributed by atoms with van der Waals surface area (Å²) in [5.41, 5.74) is 3.56. The van der Waals surface area contributed by atoms with Crippen LogP contribution in [0.5, 0.6) is 0 Å². The normalized spacial score (nSPS) is 14.0. The molecule has 0 saturated heterocycles. The van der Waals surface area contributed by atoms with Crippen molar-refractivity contribution in [2.45, 2.75) is 32.6 Å². The summed E-state index contributed by atoms with van der Waals surface area (Å²) in [7, 11) is -3.26. The number of aryl methyl sites for hydroxylation is 2. The maximum absolute atomic E-state index is 12.3. The largest absolute Gasteiger partial charge is 0.326 e. The lowest BCUT2D eigenvalue weighted by atomic mass is 10.0. The van der Waals surface area contributed by atoms with E-state index in [1.54, 1.807) is 19.1 Å². The first-order valence-corrected chi connectivity index (χ1v) is 10.6. The van der Waals surface area contributed by atoms with Crippen molar-refractivity contribution in [1.82, 2.24) is 0 Å². The van der Waals surface area contributed by atoms with Crippen molar-refractivity contribution in [3.63, 3.8) is 0 Å². The topological polar surface area (TPSA) is 66.5 Å². The summed E-state index contributed by atoms with van der Waals surface area (Å²) in [4.78, 5) is 12.2. The summed E-state index contributed by atoms with van der Waals surface area (Å²) in [5, 5.41) is 2.92. The van der Waals surface area contributed by atoms with Crippen LogP contribution in [0.4, 0.5) is 11.4 Å². The van der Waals surface area contributed by atoms with Gasteiger partial charge < -0.3 is 5.32 Å². The molecule has 26 heavy (non-hydrogen) atoms. The van der Waals surface area contributed by atoms with Crippen molar-refractivity contribution in [3.8, 4) is 0 Å². The number of nitrogens with zero attached hydrogens (tertiary/aromatic N) is 1. The molecular weight excluding hydrogens is 348 g/mol. The number of hydrogen-bond acceptors (Lipinski definition) is 3. The summed E-state index contributed by atoms with van der Waals surface area (Å²) in [6, 6.07) is 15.4. The van der Waals surface area contributed by atoms with E-state index in [0.717, 1.165) is 35.3 Å². The monoisotopic (exact) mass is 372 g/mol. The molecule has 1 aliphatic heterocycles. The molecule has 0 unspecified atom stereocenters. The second-order valence-electron chi connectivity index (χ2n) is 6.45. The minimum absolute atomic E-state index is 0.0392. The van der Waals surface area contributed by atoms with Crippen molar-refractivity contribution in [1.29, 1.82) is 0 Å². The van der Waals surface area contributed by atoms with Gasteiger partial charge in [-0.2, -0.15) is 0 Å². The molecule has 0 saturated carbocycles. The van der Waals surface area contributed by atoms with Gasteiger partial charge >= 0.3 is 0 Å². The van der Waals surface area contributed by atoms with Gasteiger partial charge in [0, 0.05) is 18.7 Å². The lowest BCUT2D eigenvalue weighted by Gasteiger charge is -2.30. The van der Waals surface area contributed by atoms with Gasteiger partial charge in [-0.25, -0.2) is 8.42 Å². The van der Waals surface area contributed by atoms with Crippen molar-refractivity contribution >= 4 is 27.3 Å². The molecule has 1 amide bonds. The molecule has 0 aromatic heterocycles. The molecule has 2 aromatic rings. The van der Waals surface area contributed by atoms with E-state index >= 15 is 0 Å². The summed E-state index contributed by atoms with van der Waals surface area (Å²) in [6.45, 7) is 2.18. The average Bonchev–Trinajstić information content (AvgIpc) is 2.66. The van der Waals surface area contributed by atoms with Gasteiger partial charge in [0.25, 0.3) is 0 Å². The number of hydrogen-bond donors (Lipinski definition) is 1. The fourth-order valence-corrected chi connectivity index (χ4v) is 4.41. The standard InChI is InChI=1S/C20H24N2O3S/c1-2-26(24,25)22-14-6-9-17-15-18(11-12-19(17)22)21-20(23)13-10-16-7-4-3-5-8-16/h3-5,7-8,11-12,15H,2,6,9-10,13-14H2,1H3,(H,21,23). The van der Waals surface area contributed by atoms with Gasteiger partial charge in [-0.15, -0.1) is 0 Å². The Bertz CT molecular complexity index is 879. The number of carbonyl (C=O) groups is 1. The molecule has 0 bridgehead atoms. The van der Waals surface area contributed by atoms with Gasteiger partial charge in [0.2, 0.25) is 15.9 Å². The van der Waals surface area contributed by atoms with Gasteiger partial charge in [-0.3, -0.25) is 9.10 Å². The second kappa shape index (κ2) is 7.91. The van der Waals surface area contributed by atoms with Gasteiger partial charge in [0.05, 0.1) is 11.4 Å². The molecule has 138 valence electrons. The third-order valence-electron chi connectivity index (χ3n) is 4.62. The minimum atomic E-state index is -3.26. The van der Waals surface area contributed by atoms with E-state index in [0.29, 0.717) is 19.4 Å².